The van der Waals surface area contributed by atoms with Crippen molar-refractivity contribution >= 4 is 22.8 Å². The molecule has 1 aromatic carbocycles. The van der Waals surface area contributed by atoms with Crippen LogP contribution in [0.5, 0.6) is 11.5 Å². The predicted octanol–water partition coefficient (Wildman–Crippen LogP) is 0.146. The molecular weight excluding hydrogens is 214 g/mol. The molecule has 78 valence electrons. The molecule has 0 unspecified atom stereocenters. The van der Waals surface area contributed by atoms with Crippen LogP contribution in [0, 0.1) is 0 Å². The van der Waals surface area contributed by atoms with Gasteiger partial charge in [-0.1, -0.05) is 17.7 Å². The average Bonchev–Trinajstić information content (AvgIpc) is 2.29. The first-order valence-electron chi connectivity index (χ1n) is 4.89. The summed E-state index contributed by atoms with van der Waals surface area (Å²) >= 11 is 6.08. The van der Waals surface area contributed by atoms with E-state index >= 15 is 0 Å². The van der Waals surface area contributed by atoms with Gasteiger partial charge in [0, 0.05) is 17.0 Å². The van der Waals surface area contributed by atoms with E-state index in [1.54, 1.807) is 0 Å². The second kappa shape index (κ2) is 3.35. The van der Waals surface area contributed by atoms with Crippen molar-refractivity contribution in [2.45, 2.75) is 0 Å². The molecule has 3 nitrogen and oxygen atoms in total. The highest BCUT2D eigenvalue weighted by molar-refractivity contribution is 6.44. The van der Waals surface area contributed by atoms with Crippen LogP contribution in [0.4, 0.5) is 0 Å². The van der Waals surface area contributed by atoms with E-state index in [-0.39, 0.29) is 0 Å². The highest BCUT2D eigenvalue weighted by Crippen LogP contribution is 2.24. The summed E-state index contributed by atoms with van der Waals surface area (Å²) in [4.78, 5) is 0. The minimum absolute atomic E-state index is 0.600. The van der Waals surface area contributed by atoms with Crippen LogP contribution in [-0.4, -0.2) is 19.8 Å². The van der Waals surface area contributed by atoms with Gasteiger partial charge in [0.1, 0.15) is 18.4 Å². The van der Waals surface area contributed by atoms with E-state index in [2.05, 4.69) is 11.4 Å². The molecule has 0 aliphatic carbocycles. The van der Waals surface area contributed by atoms with Gasteiger partial charge in [0.2, 0.25) is 0 Å². The molecule has 4 heteroatoms. The monoisotopic (exact) mass is 223 g/mol. The molecule has 1 aromatic rings. The fourth-order valence-electron chi connectivity index (χ4n) is 1.87. The molecule has 0 aromatic heterocycles. The molecular formula is C11H10ClNO2. The van der Waals surface area contributed by atoms with Gasteiger partial charge in [-0.3, -0.25) is 0 Å². The Hall–Kier alpha value is -1.35. The van der Waals surface area contributed by atoms with E-state index in [0.717, 1.165) is 28.5 Å². The Bertz CT molecular complexity index is 524. The van der Waals surface area contributed by atoms with Gasteiger partial charge in [-0.05, 0) is 12.1 Å². The molecule has 0 atom stereocenters. The van der Waals surface area contributed by atoms with E-state index in [9.17, 15) is 0 Å². The Balaban J connectivity index is 2.37. The van der Waals surface area contributed by atoms with Gasteiger partial charge in [-0.25, -0.2) is 0 Å². The number of ether oxygens (including phenoxy) is 2. The van der Waals surface area contributed by atoms with Crippen molar-refractivity contribution in [2.24, 2.45) is 0 Å². The van der Waals surface area contributed by atoms with Crippen LogP contribution >= 0.6 is 11.6 Å². The number of hydrogen-bond acceptors (Lipinski definition) is 3. The van der Waals surface area contributed by atoms with Crippen LogP contribution in [0.15, 0.2) is 12.1 Å². The highest BCUT2D eigenvalue weighted by atomic mass is 35.5. The van der Waals surface area contributed by atoms with Crippen LogP contribution in [0.3, 0.4) is 0 Å². The molecule has 2 heterocycles. The van der Waals surface area contributed by atoms with E-state index < -0.39 is 0 Å². The normalized spacial score (nSPS) is 17.5. The molecule has 0 fully saturated rings. The molecule has 1 N–H and O–H groups in total. The number of benzene rings is 1. The van der Waals surface area contributed by atoms with Crippen molar-refractivity contribution < 1.29 is 9.47 Å². The van der Waals surface area contributed by atoms with Gasteiger partial charge >= 0.3 is 0 Å². The van der Waals surface area contributed by atoms with Crippen LogP contribution in [0.2, 0.25) is 0 Å². The van der Waals surface area contributed by atoms with Crippen molar-refractivity contribution in [3.8, 4) is 11.5 Å². The maximum absolute atomic E-state index is 6.08. The maximum Gasteiger partial charge on any atom is 0.169 e. The van der Waals surface area contributed by atoms with Crippen molar-refractivity contribution in [3.63, 3.8) is 0 Å². The van der Waals surface area contributed by atoms with Crippen LogP contribution in [0.1, 0.15) is 0 Å². The van der Waals surface area contributed by atoms with E-state index in [4.69, 9.17) is 21.1 Å². The zero-order valence-electron chi connectivity index (χ0n) is 8.05. The summed E-state index contributed by atoms with van der Waals surface area (Å²) in [6.45, 7) is 1.94. The average molecular weight is 224 g/mol. The zero-order valence-corrected chi connectivity index (χ0v) is 8.80. The van der Waals surface area contributed by atoms with Gasteiger partial charge in [0.05, 0.1) is 0 Å². The summed E-state index contributed by atoms with van der Waals surface area (Å²) < 4.78 is 11.1. The minimum Gasteiger partial charge on any atom is -0.486 e. The fraction of sp³-hybridized carbons (Fsp3) is 0.273. The molecule has 0 spiro atoms. The Morgan fingerprint density at radius 2 is 2.07 bits per heavy atom. The second-order valence-corrected chi connectivity index (χ2v) is 3.83. The minimum atomic E-state index is 0.600. The molecule has 3 rings (SSSR count). The summed E-state index contributed by atoms with van der Waals surface area (Å²) in [6.07, 6.45) is 2.06. The maximum atomic E-state index is 6.08. The number of nitrogens with one attached hydrogen (secondary N) is 1. The number of fused-ring (bicyclic) bond motifs is 3. The van der Waals surface area contributed by atoms with E-state index in [1.165, 1.54) is 0 Å². The third kappa shape index (κ3) is 1.35. The van der Waals surface area contributed by atoms with Gasteiger partial charge in [-0.15, -0.1) is 0 Å². The molecule has 0 saturated carbocycles. The lowest BCUT2D eigenvalue weighted by atomic mass is 10.1. The van der Waals surface area contributed by atoms with Crippen LogP contribution in [-0.2, 0) is 0 Å². The Kier molecular flexibility index (Phi) is 1.99. The van der Waals surface area contributed by atoms with Crippen molar-refractivity contribution in [1.82, 2.24) is 5.32 Å². The topological polar surface area (TPSA) is 30.5 Å². The summed E-state index contributed by atoms with van der Waals surface area (Å²) in [5.41, 5.74) is 0. The Morgan fingerprint density at radius 3 is 3.00 bits per heavy atom. The largest absolute Gasteiger partial charge is 0.486 e. The number of hydrogen-bond donors (Lipinski definition) is 1. The summed E-state index contributed by atoms with van der Waals surface area (Å²) in [7, 11) is 0. The lowest BCUT2D eigenvalue weighted by Crippen LogP contribution is -2.38. The molecule has 15 heavy (non-hydrogen) atoms. The molecule has 0 amide bonds. The zero-order chi connectivity index (χ0) is 10.3. The van der Waals surface area contributed by atoms with Gasteiger partial charge in [0.15, 0.2) is 11.5 Å². The first kappa shape index (κ1) is 8.92. The lowest BCUT2D eigenvalue weighted by molar-refractivity contribution is 0.170. The summed E-state index contributed by atoms with van der Waals surface area (Å²) in [5, 5.41) is 5.76. The van der Waals surface area contributed by atoms with Crippen molar-refractivity contribution in [2.75, 3.05) is 19.8 Å². The van der Waals surface area contributed by atoms with Gasteiger partial charge < -0.3 is 14.8 Å². The third-order valence-corrected chi connectivity index (χ3v) is 2.88. The fourth-order valence-corrected chi connectivity index (χ4v) is 2.11. The van der Waals surface area contributed by atoms with Gasteiger partial charge in [0.25, 0.3) is 0 Å². The quantitative estimate of drug-likeness (QED) is 0.635. The molecule has 0 bridgehead atoms. The Labute approximate surface area is 91.9 Å². The SMILES string of the molecule is ClC1=c2ccc3c(c2=CCN1)OCCO3. The van der Waals surface area contributed by atoms with Crippen molar-refractivity contribution in [3.05, 3.63) is 22.6 Å². The van der Waals surface area contributed by atoms with Gasteiger partial charge in [-0.2, -0.15) is 0 Å². The molecule has 2 aliphatic rings. The molecule has 2 aliphatic heterocycles. The molecule has 0 saturated heterocycles. The number of rotatable bonds is 0. The van der Waals surface area contributed by atoms with E-state index in [0.29, 0.717) is 18.4 Å². The predicted molar refractivity (Wildman–Crippen MR) is 58.4 cm³/mol. The first-order valence-corrected chi connectivity index (χ1v) is 5.26. The Morgan fingerprint density at radius 1 is 1.20 bits per heavy atom. The first-order chi connectivity index (χ1) is 7.36. The highest BCUT2D eigenvalue weighted by Gasteiger charge is 2.15. The van der Waals surface area contributed by atoms with Crippen LogP contribution < -0.4 is 25.2 Å². The lowest BCUT2D eigenvalue weighted by Gasteiger charge is -2.20. The van der Waals surface area contributed by atoms with Crippen LogP contribution in [0.25, 0.3) is 11.2 Å². The summed E-state index contributed by atoms with van der Waals surface area (Å²) in [5.74, 6) is 1.63. The second-order valence-electron chi connectivity index (χ2n) is 3.45. The number of halogens is 1. The van der Waals surface area contributed by atoms with Crippen molar-refractivity contribution in [1.29, 1.82) is 0 Å². The molecule has 0 radical (unpaired) electrons. The standard InChI is InChI=1S/C11H10ClNO2/c12-11-8-1-2-9-10(15-6-5-14-9)7(8)3-4-13-11/h1-3,13H,4-6H2. The smallest absolute Gasteiger partial charge is 0.169 e. The third-order valence-electron chi connectivity index (χ3n) is 2.55. The van der Waals surface area contributed by atoms with E-state index in [1.807, 2.05) is 12.1 Å². The summed E-state index contributed by atoms with van der Waals surface area (Å²) in [6, 6.07) is 3.85.